The maximum Gasteiger partial charge on any atom is 0.307 e. The van der Waals surface area contributed by atoms with E-state index in [2.05, 4.69) is 5.32 Å². The van der Waals surface area contributed by atoms with Gasteiger partial charge in [0.25, 0.3) is 0 Å². The van der Waals surface area contributed by atoms with Crippen molar-refractivity contribution in [2.75, 3.05) is 11.1 Å². The lowest BCUT2D eigenvalue weighted by Crippen LogP contribution is -2.05. The molecular weight excluding hydrogens is 264 g/mol. The van der Waals surface area contributed by atoms with Crippen molar-refractivity contribution in [2.45, 2.75) is 6.42 Å². The standard InChI is InChI=1S/C14H13ClN2O2/c15-10-5-1-2-6-11(10)17-12-7-3-4-9(14(12)16)8-13(18)19/h1-7,17H,8,16H2,(H,18,19). The molecule has 2 aromatic rings. The SMILES string of the molecule is Nc1c(CC(=O)O)cccc1Nc1ccccc1Cl. The smallest absolute Gasteiger partial charge is 0.307 e. The van der Waals surface area contributed by atoms with Crippen molar-refractivity contribution in [3.8, 4) is 0 Å². The maximum absolute atomic E-state index is 10.7. The van der Waals surface area contributed by atoms with Gasteiger partial charge in [0.1, 0.15) is 0 Å². The second kappa shape index (κ2) is 5.63. The topological polar surface area (TPSA) is 75.4 Å². The lowest BCUT2D eigenvalue weighted by atomic mass is 10.1. The molecule has 2 aromatic carbocycles. The summed E-state index contributed by atoms with van der Waals surface area (Å²) in [6.07, 6.45) is -0.107. The summed E-state index contributed by atoms with van der Waals surface area (Å²) in [5, 5.41) is 12.5. The molecule has 0 atom stereocenters. The third-order valence-corrected chi connectivity index (χ3v) is 3.01. The zero-order chi connectivity index (χ0) is 13.8. The van der Waals surface area contributed by atoms with E-state index < -0.39 is 5.97 Å². The first kappa shape index (κ1) is 13.2. The van der Waals surface area contributed by atoms with Crippen LogP contribution in [0.1, 0.15) is 5.56 Å². The van der Waals surface area contributed by atoms with Gasteiger partial charge in [-0.2, -0.15) is 0 Å². The summed E-state index contributed by atoms with van der Waals surface area (Å²) < 4.78 is 0. The van der Waals surface area contributed by atoms with Gasteiger partial charge in [-0.3, -0.25) is 4.79 Å². The second-order valence-corrected chi connectivity index (χ2v) is 4.46. The molecule has 2 rings (SSSR count). The lowest BCUT2D eigenvalue weighted by Gasteiger charge is -2.13. The summed E-state index contributed by atoms with van der Waals surface area (Å²) in [7, 11) is 0. The highest BCUT2D eigenvalue weighted by Gasteiger charge is 2.09. The third-order valence-electron chi connectivity index (χ3n) is 2.68. The van der Waals surface area contributed by atoms with E-state index in [1.54, 1.807) is 24.3 Å². The van der Waals surface area contributed by atoms with Crippen LogP contribution in [0.5, 0.6) is 0 Å². The van der Waals surface area contributed by atoms with Gasteiger partial charge >= 0.3 is 5.97 Å². The molecule has 0 radical (unpaired) electrons. The molecule has 0 bridgehead atoms. The number of hydrogen-bond acceptors (Lipinski definition) is 3. The monoisotopic (exact) mass is 276 g/mol. The molecule has 4 nitrogen and oxygen atoms in total. The van der Waals surface area contributed by atoms with Gasteiger partial charge in [-0.05, 0) is 23.8 Å². The van der Waals surface area contributed by atoms with Crippen LogP contribution in [0.3, 0.4) is 0 Å². The minimum atomic E-state index is -0.915. The molecule has 98 valence electrons. The number of rotatable bonds is 4. The molecule has 0 fully saturated rings. The summed E-state index contributed by atoms with van der Waals surface area (Å²) >= 11 is 6.05. The summed E-state index contributed by atoms with van der Waals surface area (Å²) in [5.74, 6) is -0.915. The largest absolute Gasteiger partial charge is 0.481 e. The number of hydrogen-bond donors (Lipinski definition) is 3. The Morgan fingerprint density at radius 3 is 2.53 bits per heavy atom. The number of halogens is 1. The van der Waals surface area contributed by atoms with Crippen LogP contribution in [0, 0.1) is 0 Å². The Bertz CT molecular complexity index is 614. The quantitative estimate of drug-likeness (QED) is 0.749. The predicted octanol–water partition coefficient (Wildman–Crippen LogP) is 3.29. The average molecular weight is 277 g/mol. The Morgan fingerprint density at radius 1 is 1.16 bits per heavy atom. The molecule has 5 heteroatoms. The molecule has 0 saturated carbocycles. The molecule has 0 aliphatic carbocycles. The van der Waals surface area contributed by atoms with Crippen LogP contribution in [0.4, 0.5) is 17.1 Å². The summed E-state index contributed by atoms with van der Waals surface area (Å²) in [6, 6.07) is 12.5. The molecular formula is C14H13ClN2O2. The number of carbonyl (C=O) groups is 1. The van der Waals surface area contributed by atoms with Crippen molar-refractivity contribution in [3.05, 3.63) is 53.1 Å². The molecule has 0 saturated heterocycles. The number of anilines is 3. The van der Waals surface area contributed by atoms with Crippen LogP contribution in [-0.4, -0.2) is 11.1 Å². The number of aliphatic carboxylic acids is 1. The third kappa shape index (κ3) is 3.17. The normalized spacial score (nSPS) is 10.2. The van der Waals surface area contributed by atoms with E-state index in [1.165, 1.54) is 0 Å². The van der Waals surface area contributed by atoms with Crippen LogP contribution >= 0.6 is 11.6 Å². The number of carboxylic acids is 1. The Hall–Kier alpha value is -2.20. The maximum atomic E-state index is 10.7. The van der Waals surface area contributed by atoms with Gasteiger partial charge < -0.3 is 16.2 Å². The molecule has 0 heterocycles. The van der Waals surface area contributed by atoms with Crippen molar-refractivity contribution in [2.24, 2.45) is 0 Å². The fourth-order valence-corrected chi connectivity index (χ4v) is 1.93. The van der Waals surface area contributed by atoms with Crippen molar-refractivity contribution in [1.82, 2.24) is 0 Å². The summed E-state index contributed by atoms with van der Waals surface area (Å²) in [6.45, 7) is 0. The molecule has 0 aliphatic rings. The molecule has 0 aromatic heterocycles. The molecule has 0 amide bonds. The van der Waals surface area contributed by atoms with Gasteiger partial charge in [-0.15, -0.1) is 0 Å². The van der Waals surface area contributed by atoms with E-state index in [-0.39, 0.29) is 6.42 Å². The van der Waals surface area contributed by atoms with Crippen LogP contribution in [0.2, 0.25) is 5.02 Å². The highest BCUT2D eigenvalue weighted by Crippen LogP contribution is 2.30. The second-order valence-electron chi connectivity index (χ2n) is 4.05. The van der Waals surface area contributed by atoms with Gasteiger partial charge in [-0.25, -0.2) is 0 Å². The number of para-hydroxylation sites is 2. The molecule has 0 spiro atoms. The summed E-state index contributed by atoms with van der Waals surface area (Å²) in [4.78, 5) is 10.7. The molecule has 4 N–H and O–H groups in total. The molecule has 0 unspecified atom stereocenters. The fourth-order valence-electron chi connectivity index (χ4n) is 1.75. The summed E-state index contributed by atoms with van der Waals surface area (Å²) in [5.41, 5.74) is 8.33. The number of nitrogens with two attached hydrogens (primary N) is 1. The van der Waals surface area contributed by atoms with Gasteiger partial charge in [0.05, 0.1) is 28.5 Å². The van der Waals surface area contributed by atoms with Crippen molar-refractivity contribution >= 4 is 34.6 Å². The fraction of sp³-hybridized carbons (Fsp3) is 0.0714. The van der Waals surface area contributed by atoms with Gasteiger partial charge in [-0.1, -0.05) is 35.9 Å². The lowest BCUT2D eigenvalue weighted by molar-refractivity contribution is -0.136. The Labute approximate surface area is 115 Å². The highest BCUT2D eigenvalue weighted by molar-refractivity contribution is 6.33. The van der Waals surface area contributed by atoms with Gasteiger partial charge in [0, 0.05) is 0 Å². The Morgan fingerprint density at radius 2 is 1.84 bits per heavy atom. The minimum Gasteiger partial charge on any atom is -0.481 e. The molecule has 0 aliphatic heterocycles. The van der Waals surface area contributed by atoms with E-state index >= 15 is 0 Å². The average Bonchev–Trinajstić information content (AvgIpc) is 2.36. The number of nitrogens with one attached hydrogen (secondary N) is 1. The zero-order valence-corrected chi connectivity index (χ0v) is 10.8. The van der Waals surface area contributed by atoms with Crippen LogP contribution in [0.15, 0.2) is 42.5 Å². The van der Waals surface area contributed by atoms with E-state index in [9.17, 15) is 4.79 Å². The first-order valence-electron chi connectivity index (χ1n) is 5.68. The van der Waals surface area contributed by atoms with Gasteiger partial charge in [0.2, 0.25) is 0 Å². The predicted molar refractivity (Wildman–Crippen MR) is 76.9 cm³/mol. The van der Waals surface area contributed by atoms with E-state index in [0.29, 0.717) is 22.0 Å². The van der Waals surface area contributed by atoms with Crippen LogP contribution in [0.25, 0.3) is 0 Å². The minimum absolute atomic E-state index is 0.107. The highest BCUT2D eigenvalue weighted by atomic mass is 35.5. The number of benzene rings is 2. The number of carboxylic acid groups (broad SMARTS) is 1. The first-order valence-corrected chi connectivity index (χ1v) is 6.06. The zero-order valence-electron chi connectivity index (χ0n) is 10.1. The molecule has 19 heavy (non-hydrogen) atoms. The van der Waals surface area contributed by atoms with Crippen molar-refractivity contribution < 1.29 is 9.90 Å². The van der Waals surface area contributed by atoms with Crippen LogP contribution in [-0.2, 0) is 11.2 Å². The van der Waals surface area contributed by atoms with Crippen molar-refractivity contribution in [3.63, 3.8) is 0 Å². The van der Waals surface area contributed by atoms with Crippen molar-refractivity contribution in [1.29, 1.82) is 0 Å². The van der Waals surface area contributed by atoms with E-state index in [4.69, 9.17) is 22.4 Å². The Kier molecular flexibility index (Phi) is 3.92. The van der Waals surface area contributed by atoms with Gasteiger partial charge in [0.15, 0.2) is 0 Å². The number of nitrogen functional groups attached to an aromatic ring is 1. The first-order chi connectivity index (χ1) is 9.08. The van der Waals surface area contributed by atoms with E-state index in [1.807, 2.05) is 18.2 Å². The van der Waals surface area contributed by atoms with E-state index in [0.717, 1.165) is 5.69 Å². The Balaban J connectivity index is 2.31. The van der Waals surface area contributed by atoms with Crippen LogP contribution < -0.4 is 11.1 Å².